The van der Waals surface area contributed by atoms with Crippen molar-refractivity contribution < 1.29 is 23.2 Å². The third kappa shape index (κ3) is 3.50. The Hall–Kier alpha value is -1.63. The topological polar surface area (TPSA) is 63.4 Å². The molecule has 0 fully saturated rings. The lowest BCUT2D eigenvalue weighted by Crippen LogP contribution is -2.13. The van der Waals surface area contributed by atoms with Gasteiger partial charge in [0.2, 0.25) is 0 Å². The van der Waals surface area contributed by atoms with Crippen LogP contribution in [0, 0.1) is 10.1 Å². The first-order chi connectivity index (χ1) is 7.29. The van der Waals surface area contributed by atoms with Crippen LogP contribution in [0.5, 0.6) is 0 Å². The second-order valence-electron chi connectivity index (χ2n) is 3.19. The molecule has 0 saturated carbocycles. The van der Waals surface area contributed by atoms with Crippen molar-refractivity contribution >= 4 is 5.69 Å². The van der Waals surface area contributed by atoms with Crippen LogP contribution < -0.4 is 0 Å². The summed E-state index contributed by atoms with van der Waals surface area (Å²) >= 11 is 0. The van der Waals surface area contributed by atoms with Crippen molar-refractivity contribution in [1.82, 2.24) is 0 Å². The lowest BCUT2D eigenvalue weighted by molar-refractivity contribution is -0.385. The number of halogens is 3. The third-order valence-electron chi connectivity index (χ3n) is 1.89. The third-order valence-corrected chi connectivity index (χ3v) is 1.89. The van der Waals surface area contributed by atoms with Gasteiger partial charge < -0.3 is 5.11 Å². The van der Waals surface area contributed by atoms with E-state index in [1.807, 2.05) is 0 Å². The normalized spacial score (nSPS) is 13.5. The van der Waals surface area contributed by atoms with Gasteiger partial charge in [-0.3, -0.25) is 10.1 Å². The van der Waals surface area contributed by atoms with E-state index in [1.165, 1.54) is 12.1 Å². The summed E-state index contributed by atoms with van der Waals surface area (Å²) in [7, 11) is 0. The molecule has 1 rings (SSSR count). The molecule has 0 aliphatic heterocycles. The minimum atomic E-state index is -4.51. The van der Waals surface area contributed by atoms with Gasteiger partial charge in [-0.05, 0) is 5.56 Å². The van der Waals surface area contributed by atoms with Gasteiger partial charge in [0.05, 0.1) is 17.4 Å². The zero-order chi connectivity index (χ0) is 12.3. The predicted molar refractivity (Wildman–Crippen MR) is 48.7 cm³/mol. The summed E-state index contributed by atoms with van der Waals surface area (Å²) in [4.78, 5) is 9.63. The second kappa shape index (κ2) is 4.48. The molecule has 1 atom stereocenters. The second-order valence-corrected chi connectivity index (χ2v) is 3.19. The molecule has 1 N–H and O–H groups in total. The Morgan fingerprint density at radius 2 is 2.06 bits per heavy atom. The molecule has 0 saturated heterocycles. The number of hydrogen-bond acceptors (Lipinski definition) is 3. The first-order valence-electron chi connectivity index (χ1n) is 4.29. The van der Waals surface area contributed by atoms with Crippen molar-refractivity contribution in [3.05, 3.63) is 39.9 Å². The SMILES string of the molecule is O=[N+]([O-])c1cccc(C(O)CC(F)(F)F)c1. The van der Waals surface area contributed by atoms with Crippen molar-refractivity contribution in [2.45, 2.75) is 18.7 Å². The number of aliphatic hydroxyl groups is 1. The molecule has 0 aliphatic carbocycles. The Labute approximate surface area is 88.5 Å². The van der Waals surface area contributed by atoms with Crippen LogP contribution in [0.1, 0.15) is 18.1 Å². The van der Waals surface area contributed by atoms with Crippen LogP contribution in [0.15, 0.2) is 24.3 Å². The maximum absolute atomic E-state index is 12.0. The van der Waals surface area contributed by atoms with Gasteiger partial charge in [0, 0.05) is 12.1 Å². The molecule has 0 bridgehead atoms. The van der Waals surface area contributed by atoms with Gasteiger partial charge in [-0.2, -0.15) is 13.2 Å². The molecule has 0 aliphatic rings. The van der Waals surface area contributed by atoms with Crippen LogP contribution in [-0.2, 0) is 0 Å². The minimum Gasteiger partial charge on any atom is -0.388 e. The van der Waals surface area contributed by atoms with E-state index in [4.69, 9.17) is 0 Å². The van der Waals surface area contributed by atoms with Crippen LogP contribution in [0.2, 0.25) is 0 Å². The van der Waals surface area contributed by atoms with Crippen molar-refractivity contribution in [3.8, 4) is 0 Å². The maximum Gasteiger partial charge on any atom is 0.391 e. The average Bonchev–Trinajstić information content (AvgIpc) is 2.15. The number of nitro benzene ring substituents is 1. The number of hydrogen-bond donors (Lipinski definition) is 1. The van der Waals surface area contributed by atoms with E-state index in [0.717, 1.165) is 12.1 Å². The van der Waals surface area contributed by atoms with E-state index in [0.29, 0.717) is 0 Å². The number of nitro groups is 1. The molecule has 0 radical (unpaired) electrons. The smallest absolute Gasteiger partial charge is 0.388 e. The summed E-state index contributed by atoms with van der Waals surface area (Å²) in [5.74, 6) is 0. The summed E-state index contributed by atoms with van der Waals surface area (Å²) < 4.78 is 35.9. The van der Waals surface area contributed by atoms with Crippen molar-refractivity contribution in [3.63, 3.8) is 0 Å². The van der Waals surface area contributed by atoms with Crippen molar-refractivity contribution in [2.24, 2.45) is 0 Å². The van der Waals surface area contributed by atoms with E-state index >= 15 is 0 Å². The molecular formula is C9H8F3NO3. The first kappa shape index (κ1) is 12.4. The van der Waals surface area contributed by atoms with Crippen LogP contribution in [0.4, 0.5) is 18.9 Å². The fourth-order valence-electron chi connectivity index (χ4n) is 1.18. The van der Waals surface area contributed by atoms with Crippen molar-refractivity contribution in [2.75, 3.05) is 0 Å². The molecule has 0 heterocycles. The number of nitrogens with zero attached hydrogens (tertiary/aromatic N) is 1. The van der Waals surface area contributed by atoms with Gasteiger partial charge in [-0.1, -0.05) is 12.1 Å². The Morgan fingerprint density at radius 1 is 1.44 bits per heavy atom. The lowest BCUT2D eigenvalue weighted by Gasteiger charge is -2.12. The van der Waals surface area contributed by atoms with Crippen LogP contribution in [0.3, 0.4) is 0 Å². The number of aliphatic hydroxyl groups excluding tert-OH is 1. The van der Waals surface area contributed by atoms with Crippen LogP contribution >= 0.6 is 0 Å². The van der Waals surface area contributed by atoms with Gasteiger partial charge in [-0.15, -0.1) is 0 Å². The Morgan fingerprint density at radius 3 is 2.56 bits per heavy atom. The highest BCUT2D eigenvalue weighted by Crippen LogP contribution is 2.30. The molecule has 88 valence electrons. The van der Waals surface area contributed by atoms with Crippen LogP contribution in [-0.4, -0.2) is 16.2 Å². The molecule has 0 amide bonds. The predicted octanol–water partition coefficient (Wildman–Crippen LogP) is 2.58. The van der Waals surface area contributed by atoms with E-state index in [2.05, 4.69) is 0 Å². The van der Waals surface area contributed by atoms with Gasteiger partial charge in [0.1, 0.15) is 0 Å². The summed E-state index contributed by atoms with van der Waals surface area (Å²) in [5.41, 5.74) is -0.467. The van der Waals surface area contributed by atoms with E-state index < -0.39 is 23.6 Å². The molecule has 1 unspecified atom stereocenters. The first-order valence-corrected chi connectivity index (χ1v) is 4.29. The average molecular weight is 235 g/mol. The standard InChI is InChI=1S/C9H8F3NO3/c10-9(11,12)5-8(14)6-2-1-3-7(4-6)13(15)16/h1-4,8,14H,5H2. The zero-order valence-electron chi connectivity index (χ0n) is 7.94. The summed E-state index contributed by atoms with van der Waals surface area (Å²) in [6.45, 7) is 0. The lowest BCUT2D eigenvalue weighted by atomic mass is 10.1. The zero-order valence-corrected chi connectivity index (χ0v) is 7.94. The number of benzene rings is 1. The monoisotopic (exact) mass is 235 g/mol. The molecule has 16 heavy (non-hydrogen) atoms. The molecule has 1 aromatic rings. The van der Waals surface area contributed by atoms with Gasteiger partial charge in [-0.25, -0.2) is 0 Å². The fraction of sp³-hybridized carbons (Fsp3) is 0.333. The highest BCUT2D eigenvalue weighted by molar-refractivity contribution is 5.35. The minimum absolute atomic E-state index is 0.119. The highest BCUT2D eigenvalue weighted by atomic mass is 19.4. The molecule has 7 heteroatoms. The quantitative estimate of drug-likeness (QED) is 0.646. The Kier molecular flexibility index (Phi) is 3.48. The van der Waals surface area contributed by atoms with E-state index in [1.54, 1.807) is 0 Å². The summed E-state index contributed by atoms with van der Waals surface area (Å²) in [5, 5.41) is 19.6. The molecule has 0 spiro atoms. The Balaban J connectivity index is 2.87. The Bertz CT molecular complexity index is 392. The van der Waals surface area contributed by atoms with Crippen molar-refractivity contribution in [1.29, 1.82) is 0 Å². The number of alkyl halides is 3. The summed E-state index contributed by atoms with van der Waals surface area (Å²) in [6, 6.07) is 4.51. The molecule has 4 nitrogen and oxygen atoms in total. The largest absolute Gasteiger partial charge is 0.391 e. The van der Waals surface area contributed by atoms with Gasteiger partial charge in [0.25, 0.3) is 5.69 Å². The molecule has 1 aromatic carbocycles. The highest BCUT2D eigenvalue weighted by Gasteiger charge is 2.32. The summed E-state index contributed by atoms with van der Waals surface area (Å²) in [6.07, 6.45) is -7.71. The maximum atomic E-state index is 12.0. The number of rotatable bonds is 3. The molecule has 0 aromatic heterocycles. The van der Waals surface area contributed by atoms with E-state index in [-0.39, 0.29) is 11.3 Å². The fourth-order valence-corrected chi connectivity index (χ4v) is 1.18. The van der Waals surface area contributed by atoms with Gasteiger partial charge >= 0.3 is 6.18 Å². The molecular weight excluding hydrogens is 227 g/mol. The van der Waals surface area contributed by atoms with Gasteiger partial charge in [0.15, 0.2) is 0 Å². The van der Waals surface area contributed by atoms with Crippen LogP contribution in [0.25, 0.3) is 0 Å². The number of non-ortho nitro benzene ring substituents is 1. The van der Waals surface area contributed by atoms with E-state index in [9.17, 15) is 28.4 Å².